The Morgan fingerprint density at radius 1 is 1.32 bits per heavy atom. The van der Waals surface area contributed by atoms with E-state index in [9.17, 15) is 4.79 Å². The molecule has 0 spiro atoms. The zero-order valence-electron chi connectivity index (χ0n) is 13.1. The van der Waals surface area contributed by atoms with E-state index in [2.05, 4.69) is 13.8 Å². The highest BCUT2D eigenvalue weighted by Gasteiger charge is 2.34. The molecule has 0 unspecified atom stereocenters. The van der Waals surface area contributed by atoms with Crippen LogP contribution in [0, 0.1) is 0 Å². The number of hydrogen-bond donors (Lipinski definition) is 0. The van der Waals surface area contributed by atoms with Crippen LogP contribution in [0.25, 0.3) is 0 Å². The van der Waals surface area contributed by atoms with Crippen molar-refractivity contribution < 1.29 is 14.3 Å². The molecular formula is C17H22ClNO3. The van der Waals surface area contributed by atoms with E-state index in [4.69, 9.17) is 21.1 Å². The predicted molar refractivity (Wildman–Crippen MR) is 85.8 cm³/mol. The lowest BCUT2D eigenvalue weighted by molar-refractivity contribution is -0.132. The second-order valence-corrected chi connectivity index (χ2v) is 6.67. The van der Waals surface area contributed by atoms with Crippen LogP contribution < -0.4 is 9.47 Å². The van der Waals surface area contributed by atoms with E-state index in [1.54, 1.807) is 0 Å². The molecule has 0 saturated heterocycles. The Hall–Kier alpha value is -1.42. The second-order valence-electron chi connectivity index (χ2n) is 6.26. The molecule has 2 aliphatic rings. The highest BCUT2D eigenvalue weighted by molar-refractivity contribution is 6.32. The van der Waals surface area contributed by atoms with Gasteiger partial charge in [0.1, 0.15) is 0 Å². The fraction of sp³-hybridized carbons (Fsp3) is 0.588. The normalized spacial score (nSPS) is 17.3. The van der Waals surface area contributed by atoms with Crippen molar-refractivity contribution >= 4 is 17.5 Å². The summed E-state index contributed by atoms with van der Waals surface area (Å²) in [6.07, 6.45) is 3.42. The lowest BCUT2D eigenvalue weighted by Crippen LogP contribution is -2.39. The first-order chi connectivity index (χ1) is 10.6. The molecule has 4 nitrogen and oxygen atoms in total. The van der Waals surface area contributed by atoms with Crippen molar-refractivity contribution in [3.8, 4) is 11.5 Å². The summed E-state index contributed by atoms with van der Waals surface area (Å²) in [5, 5.41) is 0.518. The van der Waals surface area contributed by atoms with Crippen LogP contribution in [0.3, 0.4) is 0 Å². The number of amides is 1. The second kappa shape index (κ2) is 6.37. The molecule has 1 aliphatic heterocycles. The van der Waals surface area contributed by atoms with Gasteiger partial charge in [-0.2, -0.15) is 0 Å². The molecule has 3 rings (SSSR count). The van der Waals surface area contributed by atoms with Gasteiger partial charge >= 0.3 is 0 Å². The van der Waals surface area contributed by atoms with Crippen LogP contribution in [0.1, 0.15) is 38.7 Å². The third-order valence-electron chi connectivity index (χ3n) is 4.00. The van der Waals surface area contributed by atoms with E-state index >= 15 is 0 Å². The molecule has 1 fully saturated rings. The maximum Gasteiger partial charge on any atom is 0.227 e. The molecule has 0 bridgehead atoms. The molecule has 22 heavy (non-hydrogen) atoms. The lowest BCUT2D eigenvalue weighted by atomic mass is 10.1. The van der Waals surface area contributed by atoms with Crippen LogP contribution in [0.5, 0.6) is 11.5 Å². The summed E-state index contributed by atoms with van der Waals surface area (Å²) >= 11 is 6.29. The molecule has 0 N–H and O–H groups in total. The Labute approximate surface area is 136 Å². The molecule has 1 aliphatic carbocycles. The van der Waals surface area contributed by atoms with E-state index in [1.807, 2.05) is 17.0 Å². The minimum atomic E-state index is 0.156. The number of fused-ring (bicyclic) bond motifs is 1. The van der Waals surface area contributed by atoms with E-state index in [0.29, 0.717) is 42.2 Å². The summed E-state index contributed by atoms with van der Waals surface area (Å²) < 4.78 is 11.3. The number of hydrogen-bond acceptors (Lipinski definition) is 3. The number of ether oxygens (including phenoxy) is 2. The molecule has 1 saturated carbocycles. The summed E-state index contributed by atoms with van der Waals surface area (Å²) in [5.41, 5.74) is 0.880. The Balaban J connectivity index is 1.78. The predicted octanol–water partition coefficient (Wildman–Crippen LogP) is 3.44. The fourth-order valence-electron chi connectivity index (χ4n) is 2.92. The van der Waals surface area contributed by atoms with E-state index < -0.39 is 0 Å². The van der Waals surface area contributed by atoms with Crippen LogP contribution in [0.15, 0.2) is 12.1 Å². The number of carbonyl (C=O) groups is 1. The number of halogens is 1. The number of nitrogens with zero attached hydrogens (tertiary/aromatic N) is 1. The lowest BCUT2D eigenvalue weighted by Gasteiger charge is -2.27. The van der Waals surface area contributed by atoms with Gasteiger partial charge in [0.2, 0.25) is 5.91 Å². The van der Waals surface area contributed by atoms with Gasteiger partial charge in [-0.3, -0.25) is 4.79 Å². The average molecular weight is 324 g/mol. The van der Waals surface area contributed by atoms with Crippen LogP contribution in [-0.4, -0.2) is 36.1 Å². The van der Waals surface area contributed by atoms with Crippen molar-refractivity contribution in [3.05, 3.63) is 22.7 Å². The van der Waals surface area contributed by atoms with Crippen molar-refractivity contribution in [3.63, 3.8) is 0 Å². The van der Waals surface area contributed by atoms with Gasteiger partial charge in [-0.25, -0.2) is 0 Å². The molecule has 1 amide bonds. The molecule has 120 valence electrons. The monoisotopic (exact) mass is 323 g/mol. The van der Waals surface area contributed by atoms with Gasteiger partial charge in [0.15, 0.2) is 11.5 Å². The smallest absolute Gasteiger partial charge is 0.227 e. The van der Waals surface area contributed by atoms with Gasteiger partial charge in [-0.05, 0) is 44.4 Å². The maximum absolute atomic E-state index is 12.6. The first kappa shape index (κ1) is 15.5. The Morgan fingerprint density at radius 3 is 2.73 bits per heavy atom. The van der Waals surface area contributed by atoms with Crippen molar-refractivity contribution in [1.82, 2.24) is 4.90 Å². The third kappa shape index (κ3) is 3.32. The number of benzene rings is 1. The van der Waals surface area contributed by atoms with E-state index in [1.165, 1.54) is 0 Å². The van der Waals surface area contributed by atoms with Gasteiger partial charge in [-0.15, -0.1) is 0 Å². The molecule has 0 aromatic heterocycles. The minimum Gasteiger partial charge on any atom is -0.489 e. The van der Waals surface area contributed by atoms with Crippen LogP contribution in [0.2, 0.25) is 5.02 Å². The SMILES string of the molecule is CC(C)N(C(=O)Cc1cc(Cl)c2c(c1)OCCCO2)C1CC1. The summed E-state index contributed by atoms with van der Waals surface area (Å²) in [7, 11) is 0. The summed E-state index contributed by atoms with van der Waals surface area (Å²) in [6.45, 7) is 5.35. The molecule has 5 heteroatoms. The quantitative estimate of drug-likeness (QED) is 0.852. The van der Waals surface area contributed by atoms with Gasteiger partial charge in [0.25, 0.3) is 0 Å². The summed E-state index contributed by atoms with van der Waals surface area (Å²) in [4.78, 5) is 14.6. The largest absolute Gasteiger partial charge is 0.489 e. The van der Waals surface area contributed by atoms with Crippen LogP contribution >= 0.6 is 11.6 Å². The molecule has 0 atom stereocenters. The molecule has 1 aromatic rings. The molecular weight excluding hydrogens is 302 g/mol. The van der Waals surface area contributed by atoms with E-state index in [-0.39, 0.29) is 11.9 Å². The Morgan fingerprint density at radius 2 is 2.05 bits per heavy atom. The van der Waals surface area contributed by atoms with Gasteiger partial charge in [0.05, 0.1) is 24.7 Å². The zero-order chi connectivity index (χ0) is 15.7. The summed E-state index contributed by atoms with van der Waals surface area (Å²) in [6, 6.07) is 4.35. The first-order valence-corrected chi connectivity index (χ1v) is 8.33. The average Bonchev–Trinajstić information content (AvgIpc) is 3.25. The molecule has 1 aromatic carbocycles. The third-order valence-corrected chi connectivity index (χ3v) is 4.28. The van der Waals surface area contributed by atoms with Gasteiger partial charge < -0.3 is 14.4 Å². The zero-order valence-corrected chi connectivity index (χ0v) is 13.9. The Bertz CT molecular complexity index is 567. The van der Waals surface area contributed by atoms with Crippen LogP contribution in [-0.2, 0) is 11.2 Å². The van der Waals surface area contributed by atoms with Crippen molar-refractivity contribution in [2.45, 2.75) is 51.6 Å². The topological polar surface area (TPSA) is 38.8 Å². The first-order valence-electron chi connectivity index (χ1n) is 7.95. The van der Waals surface area contributed by atoms with Crippen molar-refractivity contribution in [2.75, 3.05) is 13.2 Å². The standard InChI is InChI=1S/C17H22ClNO3/c1-11(2)19(13-4-5-13)16(20)10-12-8-14(18)17-15(9-12)21-6-3-7-22-17/h8-9,11,13H,3-7,10H2,1-2H3. The van der Waals surface area contributed by atoms with Gasteiger partial charge in [0, 0.05) is 18.5 Å². The van der Waals surface area contributed by atoms with Crippen molar-refractivity contribution in [2.24, 2.45) is 0 Å². The van der Waals surface area contributed by atoms with Gasteiger partial charge in [-0.1, -0.05) is 11.6 Å². The Kier molecular flexibility index (Phi) is 4.48. The highest BCUT2D eigenvalue weighted by atomic mass is 35.5. The fourth-order valence-corrected chi connectivity index (χ4v) is 3.21. The minimum absolute atomic E-state index is 0.156. The number of rotatable bonds is 4. The van der Waals surface area contributed by atoms with Crippen molar-refractivity contribution in [1.29, 1.82) is 0 Å². The molecule has 0 radical (unpaired) electrons. The van der Waals surface area contributed by atoms with E-state index in [0.717, 1.165) is 24.8 Å². The molecule has 1 heterocycles. The summed E-state index contributed by atoms with van der Waals surface area (Å²) in [5.74, 6) is 1.40. The maximum atomic E-state index is 12.6. The van der Waals surface area contributed by atoms with Crippen LogP contribution in [0.4, 0.5) is 0 Å². The highest BCUT2D eigenvalue weighted by Crippen LogP contribution is 2.38. The number of carbonyl (C=O) groups excluding carboxylic acids is 1.